The molecule has 5 heteroatoms. The molecule has 1 fully saturated rings. The highest BCUT2D eigenvalue weighted by Crippen LogP contribution is 2.39. The van der Waals surface area contributed by atoms with E-state index in [0.29, 0.717) is 6.04 Å². The lowest BCUT2D eigenvalue weighted by atomic mass is 9.99. The van der Waals surface area contributed by atoms with Crippen LogP contribution in [0.2, 0.25) is 0 Å². The van der Waals surface area contributed by atoms with Gasteiger partial charge >= 0.3 is 0 Å². The first-order valence-electron chi connectivity index (χ1n) is 6.90. The van der Waals surface area contributed by atoms with Crippen molar-refractivity contribution in [1.29, 1.82) is 5.26 Å². The Hall–Kier alpha value is -0.860. The molecule has 0 radical (unpaired) electrons. The van der Waals surface area contributed by atoms with E-state index < -0.39 is 0 Å². The zero-order valence-corrected chi connectivity index (χ0v) is 13.4. The van der Waals surface area contributed by atoms with E-state index in [0.717, 1.165) is 48.1 Å². The SMILES string of the molecule is CCCNC1(C#N)CCC(n2nc(C)c(Br)c2C)C1. The molecule has 0 spiro atoms. The Bertz CT molecular complexity index is 502. The smallest absolute Gasteiger partial charge is 0.108 e. The first-order valence-corrected chi connectivity index (χ1v) is 7.70. The molecule has 1 saturated carbocycles. The molecule has 0 aliphatic heterocycles. The van der Waals surface area contributed by atoms with E-state index in [4.69, 9.17) is 0 Å². The maximum atomic E-state index is 9.49. The molecular formula is C14H21BrN4. The van der Waals surface area contributed by atoms with E-state index in [1.54, 1.807) is 0 Å². The number of rotatable bonds is 4. The molecule has 1 N–H and O–H groups in total. The van der Waals surface area contributed by atoms with Crippen LogP contribution in [0.3, 0.4) is 0 Å². The predicted octanol–water partition coefficient (Wildman–Crippen LogP) is 3.25. The van der Waals surface area contributed by atoms with Crippen molar-refractivity contribution in [2.45, 2.75) is 58.0 Å². The van der Waals surface area contributed by atoms with Gasteiger partial charge in [0.2, 0.25) is 0 Å². The van der Waals surface area contributed by atoms with E-state index in [9.17, 15) is 5.26 Å². The fraction of sp³-hybridized carbons (Fsp3) is 0.714. The van der Waals surface area contributed by atoms with E-state index in [1.165, 1.54) is 0 Å². The summed E-state index contributed by atoms with van der Waals surface area (Å²) in [6.45, 7) is 7.12. The van der Waals surface area contributed by atoms with Gasteiger partial charge in [0.15, 0.2) is 0 Å². The van der Waals surface area contributed by atoms with E-state index in [-0.39, 0.29) is 5.54 Å². The normalized spacial score (nSPS) is 26.6. The molecule has 1 aromatic rings. The molecule has 0 bridgehead atoms. The standard InChI is InChI=1S/C14H21BrN4/c1-4-7-17-14(9-16)6-5-12(8-14)19-11(3)13(15)10(2)18-19/h12,17H,4-8H2,1-3H3. The van der Waals surface area contributed by atoms with Crippen LogP contribution in [0.25, 0.3) is 0 Å². The van der Waals surface area contributed by atoms with E-state index in [1.807, 2.05) is 6.92 Å². The maximum absolute atomic E-state index is 9.49. The highest BCUT2D eigenvalue weighted by molar-refractivity contribution is 9.10. The second kappa shape index (κ2) is 5.64. The Morgan fingerprint density at radius 2 is 2.32 bits per heavy atom. The number of nitrogens with one attached hydrogen (secondary N) is 1. The van der Waals surface area contributed by atoms with Gasteiger partial charge in [-0.25, -0.2) is 0 Å². The summed E-state index contributed by atoms with van der Waals surface area (Å²) in [5.41, 5.74) is 1.82. The zero-order valence-electron chi connectivity index (χ0n) is 11.8. The Labute approximate surface area is 123 Å². The average Bonchev–Trinajstić information content (AvgIpc) is 2.95. The number of hydrogen-bond acceptors (Lipinski definition) is 3. The van der Waals surface area contributed by atoms with Crippen LogP contribution in [-0.4, -0.2) is 21.9 Å². The molecule has 1 heterocycles. The monoisotopic (exact) mass is 324 g/mol. The quantitative estimate of drug-likeness (QED) is 0.924. The van der Waals surface area contributed by atoms with Gasteiger partial charge in [-0.3, -0.25) is 10.00 Å². The summed E-state index contributed by atoms with van der Waals surface area (Å²) in [5, 5.41) is 17.5. The van der Waals surface area contributed by atoms with Crippen LogP contribution in [-0.2, 0) is 0 Å². The lowest BCUT2D eigenvalue weighted by Gasteiger charge is -2.22. The van der Waals surface area contributed by atoms with E-state index in [2.05, 4.69) is 50.9 Å². The van der Waals surface area contributed by atoms with Crippen molar-refractivity contribution in [3.05, 3.63) is 15.9 Å². The van der Waals surface area contributed by atoms with Crippen molar-refractivity contribution in [2.75, 3.05) is 6.54 Å². The Kier molecular flexibility index (Phi) is 4.32. The Morgan fingerprint density at radius 3 is 2.84 bits per heavy atom. The summed E-state index contributed by atoms with van der Waals surface area (Å²) in [6, 6.07) is 2.82. The van der Waals surface area contributed by atoms with Gasteiger partial charge in [-0.1, -0.05) is 6.92 Å². The van der Waals surface area contributed by atoms with Crippen LogP contribution in [0.4, 0.5) is 0 Å². The van der Waals surface area contributed by atoms with Gasteiger partial charge in [0, 0.05) is 6.42 Å². The molecule has 2 unspecified atom stereocenters. The lowest BCUT2D eigenvalue weighted by molar-refractivity contribution is 0.385. The minimum Gasteiger partial charge on any atom is -0.299 e. The number of hydrogen-bond donors (Lipinski definition) is 1. The second-order valence-electron chi connectivity index (χ2n) is 5.45. The van der Waals surface area contributed by atoms with Gasteiger partial charge in [-0.15, -0.1) is 0 Å². The molecule has 0 aromatic carbocycles. The fourth-order valence-electron chi connectivity index (χ4n) is 2.89. The van der Waals surface area contributed by atoms with Crippen LogP contribution >= 0.6 is 15.9 Å². The summed E-state index contributed by atoms with van der Waals surface area (Å²) < 4.78 is 3.18. The number of halogens is 1. The minimum atomic E-state index is -0.362. The van der Waals surface area contributed by atoms with Crippen LogP contribution in [0, 0.1) is 25.2 Å². The number of nitrogens with zero attached hydrogens (tertiary/aromatic N) is 3. The molecule has 19 heavy (non-hydrogen) atoms. The molecular weight excluding hydrogens is 304 g/mol. The van der Waals surface area contributed by atoms with Crippen molar-refractivity contribution >= 4 is 15.9 Å². The third-order valence-electron chi connectivity index (χ3n) is 4.00. The fourth-order valence-corrected chi connectivity index (χ4v) is 3.15. The van der Waals surface area contributed by atoms with Crippen LogP contribution < -0.4 is 5.32 Å². The topological polar surface area (TPSA) is 53.6 Å². The Morgan fingerprint density at radius 1 is 1.58 bits per heavy atom. The molecule has 2 rings (SSSR count). The maximum Gasteiger partial charge on any atom is 0.108 e. The Balaban J connectivity index is 2.17. The van der Waals surface area contributed by atoms with Crippen molar-refractivity contribution < 1.29 is 0 Å². The molecule has 1 aliphatic rings. The third kappa shape index (κ3) is 2.70. The van der Waals surface area contributed by atoms with Crippen LogP contribution in [0.5, 0.6) is 0 Å². The predicted molar refractivity (Wildman–Crippen MR) is 78.9 cm³/mol. The van der Waals surface area contributed by atoms with Crippen molar-refractivity contribution in [3.8, 4) is 6.07 Å². The molecule has 2 atom stereocenters. The van der Waals surface area contributed by atoms with Gasteiger partial charge in [0.05, 0.1) is 28.0 Å². The van der Waals surface area contributed by atoms with Gasteiger partial charge in [0.25, 0.3) is 0 Å². The largest absolute Gasteiger partial charge is 0.299 e. The molecule has 4 nitrogen and oxygen atoms in total. The number of aromatic nitrogens is 2. The van der Waals surface area contributed by atoms with Crippen molar-refractivity contribution in [3.63, 3.8) is 0 Å². The third-order valence-corrected chi connectivity index (χ3v) is 5.15. The van der Waals surface area contributed by atoms with Gasteiger partial charge in [-0.2, -0.15) is 10.4 Å². The molecule has 1 aromatic heterocycles. The average molecular weight is 325 g/mol. The van der Waals surface area contributed by atoms with Crippen LogP contribution in [0.15, 0.2) is 4.47 Å². The van der Waals surface area contributed by atoms with Gasteiger partial charge < -0.3 is 0 Å². The summed E-state index contributed by atoms with van der Waals surface area (Å²) in [5.74, 6) is 0. The molecule has 104 valence electrons. The molecule has 0 saturated heterocycles. The highest BCUT2D eigenvalue weighted by atomic mass is 79.9. The number of aryl methyl sites for hydroxylation is 1. The summed E-state index contributed by atoms with van der Waals surface area (Å²) in [6.07, 6.45) is 3.82. The summed E-state index contributed by atoms with van der Waals surface area (Å²) in [7, 11) is 0. The van der Waals surface area contributed by atoms with Gasteiger partial charge in [-0.05, 0) is 55.6 Å². The summed E-state index contributed by atoms with van der Waals surface area (Å²) in [4.78, 5) is 0. The van der Waals surface area contributed by atoms with Gasteiger partial charge in [0.1, 0.15) is 5.54 Å². The summed E-state index contributed by atoms with van der Waals surface area (Å²) >= 11 is 3.57. The first-order chi connectivity index (χ1) is 9.03. The zero-order chi connectivity index (χ0) is 14.0. The van der Waals surface area contributed by atoms with Crippen LogP contribution in [0.1, 0.15) is 50.0 Å². The highest BCUT2D eigenvalue weighted by Gasteiger charge is 2.40. The number of nitriles is 1. The molecule has 0 amide bonds. The first kappa shape index (κ1) is 14.5. The minimum absolute atomic E-state index is 0.328. The second-order valence-corrected chi connectivity index (χ2v) is 6.24. The lowest BCUT2D eigenvalue weighted by Crippen LogP contribution is -2.42. The van der Waals surface area contributed by atoms with E-state index >= 15 is 0 Å². The van der Waals surface area contributed by atoms with Crippen molar-refractivity contribution in [2.24, 2.45) is 0 Å². The molecule has 1 aliphatic carbocycles. The van der Waals surface area contributed by atoms with Crippen molar-refractivity contribution in [1.82, 2.24) is 15.1 Å².